The van der Waals surface area contributed by atoms with Crippen molar-refractivity contribution in [3.8, 4) is 0 Å². The van der Waals surface area contributed by atoms with Crippen molar-refractivity contribution in [1.82, 2.24) is 9.78 Å². The number of anilines is 1. The van der Waals surface area contributed by atoms with Gasteiger partial charge in [0.05, 0.1) is 4.92 Å². The first-order chi connectivity index (χ1) is 10.3. The lowest BCUT2D eigenvalue weighted by Gasteiger charge is -2.07. The van der Waals surface area contributed by atoms with Crippen LogP contribution in [0.4, 0.5) is 11.5 Å². The van der Waals surface area contributed by atoms with Crippen LogP contribution in [0.5, 0.6) is 0 Å². The SMILES string of the molecule is Cc1c(CN)c(NS(=O)(=O)c2ccccc2[N+](=O)[O-])nn1C. The number of aromatic nitrogens is 2. The number of benzene rings is 1. The van der Waals surface area contributed by atoms with E-state index in [1.54, 1.807) is 14.0 Å². The minimum atomic E-state index is -4.15. The molecule has 0 aliphatic carbocycles. The number of para-hydroxylation sites is 1. The monoisotopic (exact) mass is 325 g/mol. The lowest BCUT2D eigenvalue weighted by atomic mass is 10.2. The van der Waals surface area contributed by atoms with Gasteiger partial charge in [0, 0.05) is 30.9 Å². The highest BCUT2D eigenvalue weighted by atomic mass is 32.2. The van der Waals surface area contributed by atoms with Crippen molar-refractivity contribution >= 4 is 21.5 Å². The van der Waals surface area contributed by atoms with Crippen LogP contribution >= 0.6 is 0 Å². The number of hydrogen-bond acceptors (Lipinski definition) is 6. The smallest absolute Gasteiger partial charge is 0.289 e. The number of rotatable bonds is 5. The molecule has 118 valence electrons. The quantitative estimate of drug-likeness (QED) is 0.619. The fourth-order valence-corrected chi connectivity index (χ4v) is 3.20. The summed E-state index contributed by atoms with van der Waals surface area (Å²) < 4.78 is 28.6. The molecule has 2 rings (SSSR count). The molecule has 3 N–H and O–H groups in total. The zero-order chi connectivity index (χ0) is 16.5. The molecule has 2 aromatic rings. The molecule has 0 atom stereocenters. The molecule has 0 saturated carbocycles. The lowest BCUT2D eigenvalue weighted by molar-refractivity contribution is -0.387. The van der Waals surface area contributed by atoms with E-state index in [1.807, 2.05) is 0 Å². The Morgan fingerprint density at radius 2 is 2.05 bits per heavy atom. The van der Waals surface area contributed by atoms with Gasteiger partial charge >= 0.3 is 0 Å². The third kappa shape index (κ3) is 2.78. The number of aryl methyl sites for hydroxylation is 1. The molecule has 1 heterocycles. The topological polar surface area (TPSA) is 133 Å². The lowest BCUT2D eigenvalue weighted by Crippen LogP contribution is -2.16. The second-order valence-electron chi connectivity index (χ2n) is 4.57. The number of hydrogen-bond donors (Lipinski definition) is 2. The zero-order valence-corrected chi connectivity index (χ0v) is 12.8. The van der Waals surface area contributed by atoms with E-state index in [9.17, 15) is 18.5 Å². The van der Waals surface area contributed by atoms with E-state index in [-0.39, 0.29) is 12.4 Å². The van der Waals surface area contributed by atoms with Crippen LogP contribution in [0.2, 0.25) is 0 Å². The van der Waals surface area contributed by atoms with E-state index in [2.05, 4.69) is 9.82 Å². The molecule has 1 aromatic heterocycles. The third-order valence-corrected chi connectivity index (χ3v) is 4.63. The van der Waals surface area contributed by atoms with Crippen LogP contribution in [0.15, 0.2) is 29.2 Å². The maximum Gasteiger partial charge on any atom is 0.289 e. The Bertz CT molecular complexity index is 828. The fraction of sp³-hybridized carbons (Fsp3) is 0.250. The summed E-state index contributed by atoms with van der Waals surface area (Å²) in [5.74, 6) is 0.0700. The first kappa shape index (κ1) is 15.9. The van der Waals surface area contributed by atoms with Crippen molar-refractivity contribution < 1.29 is 13.3 Å². The summed E-state index contributed by atoms with van der Waals surface area (Å²) >= 11 is 0. The fourth-order valence-electron chi connectivity index (χ4n) is 2.00. The summed E-state index contributed by atoms with van der Waals surface area (Å²) in [7, 11) is -2.50. The first-order valence-electron chi connectivity index (χ1n) is 6.26. The Hall–Kier alpha value is -2.46. The van der Waals surface area contributed by atoms with Gasteiger partial charge in [0.1, 0.15) is 0 Å². The number of nitrogens with one attached hydrogen (secondary N) is 1. The third-order valence-electron chi connectivity index (χ3n) is 3.24. The van der Waals surface area contributed by atoms with Gasteiger partial charge in [-0.1, -0.05) is 12.1 Å². The Labute approximate surface area is 126 Å². The van der Waals surface area contributed by atoms with Crippen LogP contribution in [0, 0.1) is 17.0 Å². The highest BCUT2D eigenvalue weighted by molar-refractivity contribution is 7.92. The molecule has 0 radical (unpaired) electrons. The van der Waals surface area contributed by atoms with Crippen LogP contribution < -0.4 is 10.5 Å². The average Bonchev–Trinajstić information content (AvgIpc) is 2.72. The van der Waals surface area contributed by atoms with E-state index in [4.69, 9.17) is 5.73 Å². The van der Waals surface area contributed by atoms with Gasteiger partial charge in [0.2, 0.25) is 0 Å². The second-order valence-corrected chi connectivity index (χ2v) is 6.22. The van der Waals surface area contributed by atoms with Gasteiger partial charge in [-0.05, 0) is 13.0 Å². The van der Waals surface area contributed by atoms with Gasteiger partial charge in [-0.2, -0.15) is 5.10 Å². The maximum atomic E-state index is 12.4. The summed E-state index contributed by atoms with van der Waals surface area (Å²) in [6.45, 7) is 1.84. The Morgan fingerprint density at radius 1 is 1.41 bits per heavy atom. The molecule has 9 nitrogen and oxygen atoms in total. The van der Waals surface area contributed by atoms with Gasteiger partial charge in [0.15, 0.2) is 10.7 Å². The average molecular weight is 325 g/mol. The molecule has 0 aliphatic rings. The van der Waals surface area contributed by atoms with Crippen LogP contribution in [-0.2, 0) is 23.6 Å². The van der Waals surface area contributed by atoms with Crippen molar-refractivity contribution in [3.05, 3.63) is 45.6 Å². The predicted octanol–water partition coefficient (Wildman–Crippen LogP) is 0.896. The van der Waals surface area contributed by atoms with E-state index in [0.717, 1.165) is 6.07 Å². The Balaban J connectivity index is 2.50. The van der Waals surface area contributed by atoms with Crippen molar-refractivity contribution in [2.45, 2.75) is 18.4 Å². The molecule has 0 bridgehead atoms. The summed E-state index contributed by atoms with van der Waals surface area (Å²) in [5.41, 5.74) is 6.34. The van der Waals surface area contributed by atoms with E-state index >= 15 is 0 Å². The van der Waals surface area contributed by atoms with Crippen molar-refractivity contribution in [1.29, 1.82) is 0 Å². The minimum absolute atomic E-state index is 0.0700. The zero-order valence-electron chi connectivity index (χ0n) is 12.0. The summed E-state index contributed by atoms with van der Waals surface area (Å²) in [4.78, 5) is 9.80. The number of nitrogens with zero attached hydrogens (tertiary/aromatic N) is 3. The molecular formula is C12H15N5O4S. The van der Waals surface area contributed by atoms with Crippen LogP contribution in [0.1, 0.15) is 11.3 Å². The van der Waals surface area contributed by atoms with Crippen LogP contribution in [0.25, 0.3) is 0 Å². The predicted molar refractivity (Wildman–Crippen MR) is 79.7 cm³/mol. The van der Waals surface area contributed by atoms with Crippen molar-refractivity contribution in [2.75, 3.05) is 4.72 Å². The molecule has 1 aromatic carbocycles. The highest BCUT2D eigenvalue weighted by Gasteiger charge is 2.27. The summed E-state index contributed by atoms with van der Waals surface area (Å²) in [6.07, 6.45) is 0. The van der Waals surface area contributed by atoms with Gasteiger partial charge in [-0.25, -0.2) is 8.42 Å². The molecule has 0 unspecified atom stereocenters. The van der Waals surface area contributed by atoms with E-state index in [0.29, 0.717) is 11.3 Å². The largest absolute Gasteiger partial charge is 0.326 e. The molecule has 0 amide bonds. The number of nitro benzene ring substituents is 1. The van der Waals surface area contributed by atoms with E-state index < -0.39 is 25.5 Å². The molecule has 0 aliphatic heterocycles. The van der Waals surface area contributed by atoms with E-state index in [1.165, 1.54) is 22.9 Å². The Morgan fingerprint density at radius 3 is 2.64 bits per heavy atom. The second kappa shape index (κ2) is 5.73. The van der Waals surface area contributed by atoms with Gasteiger partial charge < -0.3 is 5.73 Å². The molecular weight excluding hydrogens is 310 g/mol. The van der Waals surface area contributed by atoms with Gasteiger partial charge in [-0.15, -0.1) is 0 Å². The molecule has 0 saturated heterocycles. The summed E-state index contributed by atoms with van der Waals surface area (Å²) in [5, 5.41) is 15.0. The number of nitrogens with two attached hydrogens (primary N) is 1. The van der Waals surface area contributed by atoms with Crippen molar-refractivity contribution in [2.24, 2.45) is 12.8 Å². The molecule has 10 heteroatoms. The molecule has 0 fully saturated rings. The number of nitro groups is 1. The first-order valence-corrected chi connectivity index (χ1v) is 7.75. The standard InChI is InChI=1S/C12H15N5O4S/c1-8-9(7-13)12(14-16(8)2)15-22(20,21)11-6-4-3-5-10(11)17(18)19/h3-6H,7,13H2,1-2H3,(H,14,15). The minimum Gasteiger partial charge on any atom is -0.326 e. The van der Waals surface area contributed by atoms with Gasteiger partial charge in [-0.3, -0.25) is 19.5 Å². The molecule has 0 spiro atoms. The van der Waals surface area contributed by atoms with Crippen molar-refractivity contribution in [3.63, 3.8) is 0 Å². The normalized spacial score (nSPS) is 11.4. The molecule has 22 heavy (non-hydrogen) atoms. The maximum absolute atomic E-state index is 12.4. The number of sulfonamides is 1. The highest BCUT2D eigenvalue weighted by Crippen LogP contribution is 2.26. The summed E-state index contributed by atoms with van der Waals surface area (Å²) in [6, 6.07) is 5.10. The van der Waals surface area contributed by atoms with Crippen LogP contribution in [-0.4, -0.2) is 23.1 Å². The van der Waals surface area contributed by atoms with Gasteiger partial charge in [0.25, 0.3) is 15.7 Å². The Kier molecular flexibility index (Phi) is 4.15. The van der Waals surface area contributed by atoms with Crippen LogP contribution in [0.3, 0.4) is 0 Å².